The molecule has 1 aromatic rings. The number of hydrogen-bond acceptors (Lipinski definition) is 4. The second-order valence-corrected chi connectivity index (χ2v) is 4.90. The Hall–Kier alpha value is -1.29. The number of aliphatic hydroxyl groups is 1. The van der Waals surface area contributed by atoms with Crippen LogP contribution in [0.25, 0.3) is 0 Å². The van der Waals surface area contributed by atoms with Crippen LogP contribution >= 0.6 is 0 Å². The second-order valence-electron chi connectivity index (χ2n) is 4.90. The minimum Gasteiger partial charge on any atom is -0.493 e. The highest BCUT2D eigenvalue weighted by Gasteiger charge is 2.17. The number of nitrogens with one attached hydrogen (secondary N) is 1. The number of ether oxygens (including phenoxy) is 1. The minimum absolute atomic E-state index is 0.130. The molecule has 0 aromatic carbocycles. The van der Waals surface area contributed by atoms with E-state index in [0.717, 1.165) is 31.0 Å². The lowest BCUT2D eigenvalue weighted by molar-refractivity contribution is 0.247. The van der Waals surface area contributed by atoms with Crippen LogP contribution in [0.4, 0.5) is 5.82 Å². The maximum atomic E-state index is 8.84. The Morgan fingerprint density at radius 3 is 2.88 bits per heavy atom. The molecule has 0 amide bonds. The van der Waals surface area contributed by atoms with Gasteiger partial charge in [-0.15, -0.1) is 0 Å². The summed E-state index contributed by atoms with van der Waals surface area (Å²) in [6.45, 7) is 5.40. The maximum Gasteiger partial charge on any atom is 0.168 e. The smallest absolute Gasteiger partial charge is 0.168 e. The van der Waals surface area contributed by atoms with Crippen molar-refractivity contribution in [2.45, 2.75) is 26.7 Å². The monoisotopic (exact) mass is 238 g/mol. The average Bonchev–Trinajstić information content (AvgIpc) is 2.34. The predicted molar refractivity (Wildman–Crippen MR) is 69.4 cm³/mol. The number of methoxy groups -OCH3 is 1. The van der Waals surface area contributed by atoms with Gasteiger partial charge in [-0.2, -0.15) is 0 Å². The van der Waals surface area contributed by atoms with Crippen molar-refractivity contribution in [3.05, 3.63) is 18.3 Å². The van der Waals surface area contributed by atoms with E-state index >= 15 is 0 Å². The van der Waals surface area contributed by atoms with Gasteiger partial charge in [0.15, 0.2) is 11.6 Å². The molecule has 1 aromatic heterocycles. The van der Waals surface area contributed by atoms with E-state index in [-0.39, 0.29) is 12.0 Å². The highest BCUT2D eigenvalue weighted by molar-refractivity contribution is 5.49. The van der Waals surface area contributed by atoms with Crippen molar-refractivity contribution in [3.8, 4) is 5.75 Å². The summed E-state index contributed by atoms with van der Waals surface area (Å²) in [6.07, 6.45) is 3.55. The van der Waals surface area contributed by atoms with Crippen LogP contribution < -0.4 is 10.1 Å². The summed E-state index contributed by atoms with van der Waals surface area (Å²) < 4.78 is 5.23. The Balaban J connectivity index is 2.54. The molecule has 4 heteroatoms. The Morgan fingerprint density at radius 2 is 2.24 bits per heavy atom. The van der Waals surface area contributed by atoms with E-state index < -0.39 is 0 Å². The number of pyridine rings is 1. The molecule has 0 spiro atoms. The number of aromatic nitrogens is 1. The third kappa shape index (κ3) is 4.61. The Labute approximate surface area is 103 Å². The van der Waals surface area contributed by atoms with Gasteiger partial charge in [-0.05, 0) is 30.4 Å². The van der Waals surface area contributed by atoms with Gasteiger partial charge in [-0.3, -0.25) is 0 Å². The fraction of sp³-hybridized carbons (Fsp3) is 0.615. The number of aliphatic hydroxyl groups excluding tert-OH is 1. The Bertz CT molecular complexity index is 340. The quantitative estimate of drug-likeness (QED) is 0.765. The molecule has 0 unspecified atom stereocenters. The molecule has 17 heavy (non-hydrogen) atoms. The van der Waals surface area contributed by atoms with E-state index in [1.807, 2.05) is 12.1 Å². The molecule has 0 radical (unpaired) electrons. The topological polar surface area (TPSA) is 54.4 Å². The van der Waals surface area contributed by atoms with E-state index in [0.29, 0.717) is 0 Å². The van der Waals surface area contributed by atoms with Gasteiger partial charge in [0.1, 0.15) is 0 Å². The summed E-state index contributed by atoms with van der Waals surface area (Å²) in [5, 5.41) is 12.1. The molecule has 96 valence electrons. The number of anilines is 1. The van der Waals surface area contributed by atoms with E-state index in [4.69, 9.17) is 9.84 Å². The zero-order chi connectivity index (χ0) is 12.7. The first-order chi connectivity index (χ1) is 8.09. The van der Waals surface area contributed by atoms with Crippen molar-refractivity contribution in [1.29, 1.82) is 0 Å². The van der Waals surface area contributed by atoms with Gasteiger partial charge in [0, 0.05) is 19.3 Å². The van der Waals surface area contributed by atoms with Gasteiger partial charge < -0.3 is 15.2 Å². The average molecular weight is 238 g/mol. The van der Waals surface area contributed by atoms with Crippen LogP contribution in [0.15, 0.2) is 18.3 Å². The first-order valence-electron chi connectivity index (χ1n) is 5.93. The lowest BCUT2D eigenvalue weighted by Crippen LogP contribution is -2.24. The van der Waals surface area contributed by atoms with Crippen molar-refractivity contribution in [2.75, 3.05) is 25.6 Å². The third-order valence-electron chi connectivity index (χ3n) is 2.74. The lowest BCUT2D eigenvalue weighted by atomic mass is 9.88. The predicted octanol–water partition coefficient (Wildman–Crippen LogP) is 2.30. The molecular weight excluding hydrogens is 216 g/mol. The van der Waals surface area contributed by atoms with Gasteiger partial charge in [0.2, 0.25) is 0 Å². The van der Waals surface area contributed by atoms with Crippen molar-refractivity contribution in [3.63, 3.8) is 0 Å². The third-order valence-corrected chi connectivity index (χ3v) is 2.74. The van der Waals surface area contributed by atoms with Crippen LogP contribution in [0.1, 0.15) is 26.7 Å². The van der Waals surface area contributed by atoms with E-state index in [9.17, 15) is 0 Å². The molecule has 0 saturated heterocycles. The Kier molecular flexibility index (Phi) is 5.22. The van der Waals surface area contributed by atoms with Crippen LogP contribution in [0.2, 0.25) is 0 Å². The van der Waals surface area contributed by atoms with Crippen LogP contribution in [-0.2, 0) is 0 Å². The van der Waals surface area contributed by atoms with E-state index in [2.05, 4.69) is 24.1 Å². The summed E-state index contributed by atoms with van der Waals surface area (Å²) in [5.41, 5.74) is 0.130. The van der Waals surface area contributed by atoms with Gasteiger partial charge in [0.05, 0.1) is 7.11 Å². The molecule has 2 N–H and O–H groups in total. The van der Waals surface area contributed by atoms with Crippen LogP contribution in [0.5, 0.6) is 5.75 Å². The molecular formula is C13H22N2O2. The maximum absolute atomic E-state index is 8.84. The summed E-state index contributed by atoms with van der Waals surface area (Å²) in [7, 11) is 1.64. The van der Waals surface area contributed by atoms with Crippen molar-refractivity contribution in [1.82, 2.24) is 4.98 Å². The first-order valence-corrected chi connectivity index (χ1v) is 5.93. The zero-order valence-corrected chi connectivity index (χ0v) is 10.9. The second kappa shape index (κ2) is 6.45. The SMILES string of the molecule is COc1cccnc1NCC(C)(C)CCCO. The van der Waals surface area contributed by atoms with E-state index in [1.54, 1.807) is 13.3 Å². The summed E-state index contributed by atoms with van der Waals surface area (Å²) in [5.74, 6) is 1.53. The largest absolute Gasteiger partial charge is 0.493 e. The molecule has 0 aliphatic carbocycles. The zero-order valence-electron chi connectivity index (χ0n) is 10.9. The summed E-state index contributed by atoms with van der Waals surface area (Å²) >= 11 is 0. The van der Waals surface area contributed by atoms with Crippen LogP contribution in [-0.4, -0.2) is 30.4 Å². The molecule has 0 fully saturated rings. The summed E-state index contributed by atoms with van der Waals surface area (Å²) in [4.78, 5) is 4.25. The van der Waals surface area contributed by atoms with Crippen LogP contribution in [0, 0.1) is 5.41 Å². The highest BCUT2D eigenvalue weighted by Crippen LogP contribution is 2.25. The number of nitrogens with zero attached hydrogens (tertiary/aromatic N) is 1. The molecule has 4 nitrogen and oxygen atoms in total. The fourth-order valence-corrected chi connectivity index (χ4v) is 1.66. The molecule has 0 saturated carbocycles. The Morgan fingerprint density at radius 1 is 1.47 bits per heavy atom. The first kappa shape index (κ1) is 13.8. The molecule has 0 aliphatic heterocycles. The molecule has 1 heterocycles. The van der Waals surface area contributed by atoms with E-state index in [1.165, 1.54) is 0 Å². The number of rotatable bonds is 7. The highest BCUT2D eigenvalue weighted by atomic mass is 16.5. The van der Waals surface area contributed by atoms with Gasteiger partial charge in [-0.1, -0.05) is 13.8 Å². The summed E-state index contributed by atoms with van der Waals surface area (Å²) in [6, 6.07) is 3.73. The fourth-order valence-electron chi connectivity index (χ4n) is 1.66. The number of hydrogen-bond donors (Lipinski definition) is 2. The standard InChI is InChI=1S/C13H22N2O2/c1-13(2,7-5-9-16)10-15-12-11(17-3)6-4-8-14-12/h4,6,8,16H,5,7,9-10H2,1-3H3,(H,14,15). The molecule has 0 atom stereocenters. The van der Waals surface area contributed by atoms with Crippen molar-refractivity contribution < 1.29 is 9.84 Å². The lowest BCUT2D eigenvalue weighted by Gasteiger charge is -2.25. The van der Waals surface area contributed by atoms with Crippen LogP contribution in [0.3, 0.4) is 0 Å². The normalized spacial score (nSPS) is 11.3. The molecule has 0 bridgehead atoms. The van der Waals surface area contributed by atoms with Gasteiger partial charge >= 0.3 is 0 Å². The molecule has 0 aliphatic rings. The van der Waals surface area contributed by atoms with Gasteiger partial charge in [-0.25, -0.2) is 4.98 Å². The molecule has 1 rings (SSSR count). The van der Waals surface area contributed by atoms with Crippen molar-refractivity contribution >= 4 is 5.82 Å². The van der Waals surface area contributed by atoms with Gasteiger partial charge in [0.25, 0.3) is 0 Å². The van der Waals surface area contributed by atoms with Crippen molar-refractivity contribution in [2.24, 2.45) is 5.41 Å². The minimum atomic E-state index is 0.130.